The summed E-state index contributed by atoms with van der Waals surface area (Å²) in [6.07, 6.45) is 4.82. The predicted octanol–water partition coefficient (Wildman–Crippen LogP) is 4.24. The second-order valence-corrected chi connectivity index (χ2v) is 5.64. The van der Waals surface area contributed by atoms with Crippen molar-refractivity contribution in [3.05, 3.63) is 35.1 Å². The Balaban J connectivity index is 1.94. The molecule has 82 valence electrons. The van der Waals surface area contributed by atoms with E-state index in [-0.39, 0.29) is 5.82 Å². The van der Waals surface area contributed by atoms with Crippen LogP contribution in [0.2, 0.25) is 0 Å². The van der Waals surface area contributed by atoms with Gasteiger partial charge < -0.3 is 0 Å². The topological polar surface area (TPSA) is 0 Å². The molecule has 1 saturated carbocycles. The molecule has 1 aliphatic carbocycles. The molecule has 0 aliphatic heterocycles. The van der Waals surface area contributed by atoms with E-state index in [0.717, 1.165) is 24.3 Å². The Morgan fingerprint density at radius 1 is 1.47 bits per heavy atom. The summed E-state index contributed by atoms with van der Waals surface area (Å²) in [6.45, 7) is 2.05. The van der Waals surface area contributed by atoms with Crippen molar-refractivity contribution in [1.29, 1.82) is 0 Å². The van der Waals surface area contributed by atoms with Gasteiger partial charge in [-0.25, -0.2) is 4.39 Å². The Labute approximate surface area is 99.0 Å². The summed E-state index contributed by atoms with van der Waals surface area (Å²) < 4.78 is 13.0. The van der Waals surface area contributed by atoms with Crippen molar-refractivity contribution in [3.63, 3.8) is 0 Å². The number of benzene rings is 1. The van der Waals surface area contributed by atoms with Crippen LogP contribution < -0.4 is 0 Å². The van der Waals surface area contributed by atoms with Crippen LogP contribution in [-0.4, -0.2) is 4.83 Å². The van der Waals surface area contributed by atoms with Gasteiger partial charge in [0.1, 0.15) is 5.82 Å². The molecule has 15 heavy (non-hydrogen) atoms. The van der Waals surface area contributed by atoms with E-state index in [2.05, 4.69) is 22.9 Å². The van der Waals surface area contributed by atoms with Gasteiger partial charge in [0.15, 0.2) is 0 Å². The Kier molecular flexibility index (Phi) is 3.45. The summed E-state index contributed by atoms with van der Waals surface area (Å²) >= 11 is 3.71. The van der Waals surface area contributed by atoms with E-state index in [9.17, 15) is 4.39 Å². The molecule has 0 aromatic heterocycles. The first-order valence-electron chi connectivity index (χ1n) is 5.56. The maximum Gasteiger partial charge on any atom is 0.123 e. The normalized spacial score (nSPS) is 17.8. The van der Waals surface area contributed by atoms with Crippen LogP contribution in [0.25, 0.3) is 0 Å². The van der Waals surface area contributed by atoms with E-state index in [0.29, 0.717) is 4.83 Å². The lowest BCUT2D eigenvalue weighted by Gasteiger charge is -2.10. The molecule has 0 radical (unpaired) electrons. The van der Waals surface area contributed by atoms with Crippen LogP contribution in [-0.2, 0) is 6.42 Å². The quantitative estimate of drug-likeness (QED) is 0.718. The van der Waals surface area contributed by atoms with Gasteiger partial charge in [0.05, 0.1) is 0 Å². The van der Waals surface area contributed by atoms with Crippen molar-refractivity contribution in [1.82, 2.24) is 0 Å². The zero-order chi connectivity index (χ0) is 10.8. The van der Waals surface area contributed by atoms with Crippen molar-refractivity contribution in [2.45, 2.75) is 37.4 Å². The fraction of sp³-hybridized carbons (Fsp3) is 0.538. The van der Waals surface area contributed by atoms with E-state index < -0.39 is 0 Å². The first kappa shape index (κ1) is 11.1. The lowest BCUT2D eigenvalue weighted by atomic mass is 10.0. The molecule has 2 heteroatoms. The van der Waals surface area contributed by atoms with Crippen LogP contribution in [0.15, 0.2) is 18.2 Å². The van der Waals surface area contributed by atoms with Gasteiger partial charge >= 0.3 is 0 Å². The molecule has 0 N–H and O–H groups in total. The minimum Gasteiger partial charge on any atom is -0.207 e. The van der Waals surface area contributed by atoms with Crippen LogP contribution >= 0.6 is 15.9 Å². The van der Waals surface area contributed by atoms with Gasteiger partial charge in [-0.2, -0.15) is 0 Å². The van der Waals surface area contributed by atoms with Crippen molar-refractivity contribution < 1.29 is 4.39 Å². The molecule has 1 aromatic rings. The molecule has 0 saturated heterocycles. The third-order valence-corrected chi connectivity index (χ3v) is 4.34. The Hall–Kier alpha value is -0.370. The van der Waals surface area contributed by atoms with Gasteiger partial charge in [-0.05, 0) is 61.8 Å². The lowest BCUT2D eigenvalue weighted by Crippen LogP contribution is -2.03. The molecule has 1 aromatic carbocycles. The zero-order valence-electron chi connectivity index (χ0n) is 8.97. The highest BCUT2D eigenvalue weighted by molar-refractivity contribution is 9.09. The van der Waals surface area contributed by atoms with Gasteiger partial charge in [0, 0.05) is 4.83 Å². The number of alkyl halides is 1. The number of hydrogen-bond donors (Lipinski definition) is 0. The first-order chi connectivity index (χ1) is 7.16. The van der Waals surface area contributed by atoms with Crippen molar-refractivity contribution >= 4 is 15.9 Å². The molecule has 1 atom stereocenters. The molecule has 0 bridgehead atoms. The van der Waals surface area contributed by atoms with E-state index in [1.54, 1.807) is 6.07 Å². The van der Waals surface area contributed by atoms with Gasteiger partial charge in [-0.15, -0.1) is 0 Å². The van der Waals surface area contributed by atoms with E-state index in [1.807, 2.05) is 6.07 Å². The van der Waals surface area contributed by atoms with Gasteiger partial charge in [-0.1, -0.05) is 22.0 Å². The van der Waals surface area contributed by atoms with Crippen LogP contribution in [0.5, 0.6) is 0 Å². The van der Waals surface area contributed by atoms with Crippen molar-refractivity contribution in [2.75, 3.05) is 0 Å². The van der Waals surface area contributed by atoms with Crippen LogP contribution in [0.3, 0.4) is 0 Å². The highest BCUT2D eigenvalue weighted by Crippen LogP contribution is 2.38. The number of halogens is 2. The fourth-order valence-electron chi connectivity index (χ4n) is 1.90. The second-order valence-electron chi connectivity index (χ2n) is 4.46. The summed E-state index contributed by atoms with van der Waals surface area (Å²) in [7, 11) is 0. The van der Waals surface area contributed by atoms with E-state index in [4.69, 9.17) is 0 Å². The van der Waals surface area contributed by atoms with Crippen molar-refractivity contribution in [2.24, 2.45) is 5.92 Å². The van der Waals surface area contributed by atoms with Crippen LogP contribution in [0.1, 0.15) is 30.4 Å². The zero-order valence-corrected chi connectivity index (χ0v) is 10.6. The molecule has 0 nitrogen and oxygen atoms in total. The molecule has 1 unspecified atom stereocenters. The molecule has 0 amide bonds. The molecule has 1 aliphatic rings. The Morgan fingerprint density at radius 2 is 2.20 bits per heavy atom. The predicted molar refractivity (Wildman–Crippen MR) is 64.9 cm³/mol. The smallest absolute Gasteiger partial charge is 0.123 e. The minimum absolute atomic E-state index is 0.117. The minimum atomic E-state index is -0.117. The van der Waals surface area contributed by atoms with E-state index >= 15 is 0 Å². The number of aryl methyl sites for hydroxylation is 2. The average Bonchev–Trinajstić information content (AvgIpc) is 3.02. The van der Waals surface area contributed by atoms with Gasteiger partial charge in [-0.3, -0.25) is 0 Å². The summed E-state index contributed by atoms with van der Waals surface area (Å²) in [4.78, 5) is 0.625. The van der Waals surface area contributed by atoms with Gasteiger partial charge in [0.25, 0.3) is 0 Å². The van der Waals surface area contributed by atoms with Crippen LogP contribution in [0.4, 0.5) is 4.39 Å². The molecule has 0 heterocycles. The maximum atomic E-state index is 13.0. The van der Waals surface area contributed by atoms with E-state index in [1.165, 1.54) is 24.5 Å². The second kappa shape index (κ2) is 4.65. The fourth-order valence-corrected chi connectivity index (χ4v) is 2.65. The molecule has 0 spiro atoms. The maximum absolute atomic E-state index is 13.0. The standard InChI is InChI=1S/C13H16BrF/c1-9-2-6-12(15)8-11(9)5-7-13(14)10-3-4-10/h2,6,8,10,13H,3-5,7H2,1H3. The highest BCUT2D eigenvalue weighted by Gasteiger charge is 2.28. The molecule has 2 rings (SSSR count). The summed E-state index contributed by atoms with van der Waals surface area (Å²) in [5.41, 5.74) is 2.35. The average molecular weight is 271 g/mol. The third-order valence-electron chi connectivity index (χ3n) is 3.13. The van der Waals surface area contributed by atoms with Crippen molar-refractivity contribution in [3.8, 4) is 0 Å². The molecular weight excluding hydrogens is 255 g/mol. The van der Waals surface area contributed by atoms with Gasteiger partial charge in [0.2, 0.25) is 0 Å². The Bertz CT molecular complexity index is 344. The molecular formula is C13H16BrF. The third kappa shape index (κ3) is 3.04. The monoisotopic (exact) mass is 270 g/mol. The first-order valence-corrected chi connectivity index (χ1v) is 6.47. The molecule has 1 fully saturated rings. The SMILES string of the molecule is Cc1ccc(F)cc1CCC(Br)C1CC1. The lowest BCUT2D eigenvalue weighted by molar-refractivity contribution is 0.621. The largest absolute Gasteiger partial charge is 0.207 e. The highest BCUT2D eigenvalue weighted by atomic mass is 79.9. The van der Waals surface area contributed by atoms with Crippen LogP contribution in [0, 0.1) is 18.7 Å². The Morgan fingerprint density at radius 3 is 2.87 bits per heavy atom. The number of rotatable bonds is 4. The summed E-state index contributed by atoms with van der Waals surface area (Å²) in [5.74, 6) is 0.756. The summed E-state index contributed by atoms with van der Waals surface area (Å²) in [6, 6.07) is 5.07. The number of hydrogen-bond acceptors (Lipinski definition) is 0. The summed E-state index contributed by atoms with van der Waals surface area (Å²) in [5, 5.41) is 0.